The van der Waals surface area contributed by atoms with Crippen molar-refractivity contribution in [2.45, 2.75) is 6.54 Å². The number of nitro groups is 1. The number of halogens is 1. The lowest BCUT2D eigenvalue weighted by Gasteiger charge is -2.07. The maximum Gasteiger partial charge on any atom is 0.319 e. The average Bonchev–Trinajstić information content (AvgIpc) is 3.16. The lowest BCUT2D eigenvalue weighted by Crippen LogP contribution is -2.14. The lowest BCUT2D eigenvalue weighted by molar-refractivity contribution is -0.385. The van der Waals surface area contributed by atoms with Crippen LogP contribution in [0.15, 0.2) is 47.3 Å². The number of carbonyl (C=O) groups excluding carboxylic acids is 1. The number of amides is 1. The van der Waals surface area contributed by atoms with Crippen LogP contribution in [0.25, 0.3) is 0 Å². The summed E-state index contributed by atoms with van der Waals surface area (Å²) >= 11 is 3.33. The Kier molecular flexibility index (Phi) is 4.38. The van der Waals surface area contributed by atoms with Crippen LogP contribution in [0.2, 0.25) is 0 Å². The van der Waals surface area contributed by atoms with Crippen LogP contribution in [0.3, 0.4) is 0 Å². The third kappa shape index (κ3) is 3.49. The van der Waals surface area contributed by atoms with Crippen molar-refractivity contribution >= 4 is 33.2 Å². The van der Waals surface area contributed by atoms with Gasteiger partial charge in [0.25, 0.3) is 5.91 Å². The summed E-state index contributed by atoms with van der Waals surface area (Å²) in [6.45, 7) is 0.527. The predicted octanol–water partition coefficient (Wildman–Crippen LogP) is 2.58. The number of nitrogens with zero attached hydrogens (tertiary/aromatic N) is 4. The van der Waals surface area contributed by atoms with Gasteiger partial charge in [0.15, 0.2) is 0 Å². The van der Waals surface area contributed by atoms with E-state index in [-0.39, 0.29) is 11.4 Å². The Balaban J connectivity index is 1.75. The molecule has 0 aliphatic carbocycles. The molecule has 24 heavy (non-hydrogen) atoms. The van der Waals surface area contributed by atoms with Gasteiger partial charge in [-0.2, -0.15) is 10.2 Å². The first kappa shape index (κ1) is 15.9. The molecule has 0 atom stereocenters. The van der Waals surface area contributed by atoms with Crippen molar-refractivity contribution in [3.63, 3.8) is 0 Å². The summed E-state index contributed by atoms with van der Waals surface area (Å²) in [6, 6.07) is 7.15. The molecule has 0 aliphatic heterocycles. The molecule has 2 aromatic heterocycles. The van der Waals surface area contributed by atoms with E-state index in [4.69, 9.17) is 0 Å². The van der Waals surface area contributed by atoms with E-state index in [1.54, 1.807) is 29.1 Å². The van der Waals surface area contributed by atoms with Crippen molar-refractivity contribution in [3.05, 3.63) is 68.7 Å². The third-order valence-electron chi connectivity index (χ3n) is 3.17. The number of hydrogen-bond donors (Lipinski definition) is 2. The Labute approximate surface area is 144 Å². The molecule has 0 spiro atoms. The number of carbonyl (C=O) groups is 1. The van der Waals surface area contributed by atoms with E-state index < -0.39 is 10.8 Å². The Morgan fingerprint density at radius 3 is 2.96 bits per heavy atom. The van der Waals surface area contributed by atoms with Gasteiger partial charge >= 0.3 is 5.69 Å². The zero-order valence-corrected chi connectivity index (χ0v) is 13.7. The van der Waals surface area contributed by atoms with E-state index in [0.29, 0.717) is 12.2 Å². The minimum absolute atomic E-state index is 0.193. The lowest BCUT2D eigenvalue weighted by atomic mass is 10.2. The fourth-order valence-electron chi connectivity index (χ4n) is 2.14. The van der Waals surface area contributed by atoms with Crippen LogP contribution < -0.4 is 5.32 Å². The molecule has 2 heterocycles. The number of nitrogens with one attached hydrogen (secondary N) is 2. The average molecular weight is 391 g/mol. The molecule has 1 aromatic carbocycles. The minimum Gasteiger partial charge on any atom is -0.320 e. The number of aromatic amines is 1. The van der Waals surface area contributed by atoms with Crippen LogP contribution in [0.1, 0.15) is 16.1 Å². The van der Waals surface area contributed by atoms with Gasteiger partial charge in [0.05, 0.1) is 22.1 Å². The quantitative estimate of drug-likeness (QED) is 0.512. The topological polar surface area (TPSA) is 119 Å². The fraction of sp³-hybridized carbons (Fsp3) is 0.0714. The van der Waals surface area contributed by atoms with E-state index in [9.17, 15) is 14.9 Å². The highest BCUT2D eigenvalue weighted by molar-refractivity contribution is 9.10. The number of benzene rings is 1. The smallest absolute Gasteiger partial charge is 0.319 e. The summed E-state index contributed by atoms with van der Waals surface area (Å²) in [5, 5.41) is 23.5. The van der Waals surface area contributed by atoms with Gasteiger partial charge in [0.1, 0.15) is 6.20 Å². The zero-order chi connectivity index (χ0) is 17.1. The van der Waals surface area contributed by atoms with Crippen LogP contribution in [0.4, 0.5) is 11.4 Å². The molecule has 0 saturated carbocycles. The van der Waals surface area contributed by atoms with Gasteiger partial charge in [0.2, 0.25) is 5.69 Å². The SMILES string of the molecule is O=C(Nc1cccc(Cn2cc(Br)cn2)c1)c1[nH]ncc1[N+](=O)[O-]. The van der Waals surface area contributed by atoms with Crippen LogP contribution >= 0.6 is 15.9 Å². The Morgan fingerprint density at radius 2 is 2.25 bits per heavy atom. The highest BCUT2D eigenvalue weighted by atomic mass is 79.9. The van der Waals surface area contributed by atoms with E-state index in [1.807, 2.05) is 12.3 Å². The summed E-state index contributed by atoms with van der Waals surface area (Å²) in [7, 11) is 0. The van der Waals surface area contributed by atoms with Crippen LogP contribution in [-0.2, 0) is 6.54 Å². The molecule has 0 fully saturated rings. The number of H-pyrrole nitrogens is 1. The normalized spacial score (nSPS) is 10.5. The summed E-state index contributed by atoms with van der Waals surface area (Å²) in [4.78, 5) is 22.4. The molecule has 3 rings (SSSR count). The van der Waals surface area contributed by atoms with Crippen molar-refractivity contribution in [2.24, 2.45) is 0 Å². The molecular weight excluding hydrogens is 380 g/mol. The van der Waals surface area contributed by atoms with Crippen LogP contribution in [0.5, 0.6) is 0 Å². The first-order chi connectivity index (χ1) is 11.5. The maximum absolute atomic E-state index is 12.2. The molecule has 3 aromatic rings. The molecule has 122 valence electrons. The zero-order valence-electron chi connectivity index (χ0n) is 12.1. The molecule has 9 nitrogen and oxygen atoms in total. The van der Waals surface area contributed by atoms with E-state index >= 15 is 0 Å². The molecular formula is C14H11BrN6O3. The maximum atomic E-state index is 12.2. The Morgan fingerprint density at radius 1 is 1.42 bits per heavy atom. The molecule has 0 saturated heterocycles. The van der Waals surface area contributed by atoms with Crippen molar-refractivity contribution in [2.75, 3.05) is 5.32 Å². The van der Waals surface area contributed by atoms with Gasteiger partial charge in [0, 0.05) is 11.9 Å². The van der Waals surface area contributed by atoms with Gasteiger partial charge in [-0.3, -0.25) is 24.7 Å². The Hall–Kier alpha value is -3.01. The van der Waals surface area contributed by atoms with Crippen molar-refractivity contribution in [3.8, 4) is 0 Å². The summed E-state index contributed by atoms with van der Waals surface area (Å²) < 4.78 is 2.61. The predicted molar refractivity (Wildman–Crippen MR) is 88.7 cm³/mol. The molecule has 1 amide bonds. The standard InChI is InChI=1S/C14H11BrN6O3/c15-10-5-17-20(8-10)7-9-2-1-3-11(4-9)18-14(22)13-12(21(23)24)6-16-19-13/h1-6,8H,7H2,(H,16,19)(H,18,22). The second-order valence-corrected chi connectivity index (χ2v) is 5.81. The number of hydrogen-bond acceptors (Lipinski definition) is 5. The van der Waals surface area contributed by atoms with Gasteiger partial charge in [-0.15, -0.1) is 0 Å². The number of anilines is 1. The highest BCUT2D eigenvalue weighted by Crippen LogP contribution is 2.18. The Bertz CT molecular complexity index is 903. The molecule has 2 N–H and O–H groups in total. The monoisotopic (exact) mass is 390 g/mol. The van der Waals surface area contributed by atoms with Crippen molar-refractivity contribution < 1.29 is 9.72 Å². The summed E-state index contributed by atoms with van der Waals surface area (Å²) in [5.74, 6) is -0.627. The minimum atomic E-state index is -0.662. The van der Waals surface area contributed by atoms with Gasteiger partial charge in [-0.05, 0) is 33.6 Å². The largest absolute Gasteiger partial charge is 0.320 e. The van der Waals surface area contributed by atoms with E-state index in [0.717, 1.165) is 16.2 Å². The molecule has 0 radical (unpaired) electrons. The fourth-order valence-corrected chi connectivity index (χ4v) is 2.47. The molecule has 0 aliphatic rings. The second-order valence-electron chi connectivity index (χ2n) is 4.90. The number of aromatic nitrogens is 4. The van der Waals surface area contributed by atoms with Gasteiger partial charge < -0.3 is 5.32 Å². The van der Waals surface area contributed by atoms with Gasteiger partial charge in [-0.1, -0.05) is 12.1 Å². The molecule has 0 bridgehead atoms. The molecule has 10 heteroatoms. The number of rotatable bonds is 5. The van der Waals surface area contributed by atoms with Crippen LogP contribution in [-0.4, -0.2) is 30.8 Å². The first-order valence-corrected chi connectivity index (χ1v) is 7.58. The van der Waals surface area contributed by atoms with E-state index in [2.05, 4.69) is 36.5 Å². The second kappa shape index (κ2) is 6.62. The van der Waals surface area contributed by atoms with Crippen molar-refractivity contribution in [1.29, 1.82) is 0 Å². The third-order valence-corrected chi connectivity index (χ3v) is 3.58. The molecule has 0 unspecified atom stereocenters. The summed E-state index contributed by atoms with van der Waals surface area (Å²) in [5.41, 5.74) is 0.876. The summed E-state index contributed by atoms with van der Waals surface area (Å²) in [6.07, 6.45) is 4.52. The van der Waals surface area contributed by atoms with Crippen LogP contribution in [0, 0.1) is 10.1 Å². The highest BCUT2D eigenvalue weighted by Gasteiger charge is 2.22. The van der Waals surface area contributed by atoms with Crippen molar-refractivity contribution in [1.82, 2.24) is 20.0 Å². The van der Waals surface area contributed by atoms with E-state index in [1.165, 1.54) is 0 Å². The van der Waals surface area contributed by atoms with Gasteiger partial charge in [-0.25, -0.2) is 0 Å². The first-order valence-electron chi connectivity index (χ1n) is 6.79.